The number of benzene rings is 1. The Kier molecular flexibility index (Phi) is 3.04. The summed E-state index contributed by atoms with van der Waals surface area (Å²) in [5, 5.41) is 0. The molecule has 2 heterocycles. The van der Waals surface area contributed by atoms with Crippen LogP contribution in [0.2, 0.25) is 0 Å². The van der Waals surface area contributed by atoms with E-state index in [1.165, 1.54) is 0 Å². The molecule has 0 saturated carbocycles. The first-order valence-electron chi connectivity index (χ1n) is 6.38. The van der Waals surface area contributed by atoms with Crippen LogP contribution in [0.4, 0.5) is 0 Å². The number of amides is 1. The summed E-state index contributed by atoms with van der Waals surface area (Å²) in [6, 6.07) is 5.79. The molecule has 98 valence electrons. The Hall–Kier alpha value is -2.15. The van der Waals surface area contributed by atoms with Crippen molar-refractivity contribution in [2.45, 2.75) is 13.0 Å². The summed E-state index contributed by atoms with van der Waals surface area (Å²) in [5.41, 5.74) is 1.04. The van der Waals surface area contributed by atoms with E-state index in [-0.39, 0.29) is 11.8 Å². The van der Waals surface area contributed by atoms with Gasteiger partial charge in [0.15, 0.2) is 11.5 Å². The molecule has 0 aliphatic carbocycles. The van der Waals surface area contributed by atoms with Gasteiger partial charge in [-0.1, -0.05) is 6.07 Å². The monoisotopic (exact) mass is 257 g/mol. The van der Waals surface area contributed by atoms with Crippen LogP contribution in [-0.4, -0.2) is 30.6 Å². The zero-order valence-electron chi connectivity index (χ0n) is 10.6. The molecule has 1 saturated heterocycles. The summed E-state index contributed by atoms with van der Waals surface area (Å²) in [6.45, 7) is 2.37. The molecule has 0 radical (unpaired) electrons. The average Bonchev–Trinajstić information content (AvgIpc) is 2.79. The van der Waals surface area contributed by atoms with E-state index < -0.39 is 0 Å². The first kappa shape index (κ1) is 11.9. The fraction of sp³-hybridized carbons (Fsp3) is 0.400. The van der Waals surface area contributed by atoms with Gasteiger partial charge in [-0.05, 0) is 17.7 Å². The second-order valence-electron chi connectivity index (χ2n) is 4.82. The Morgan fingerprint density at radius 3 is 2.84 bits per heavy atom. The molecule has 4 heteroatoms. The van der Waals surface area contributed by atoms with E-state index in [2.05, 4.69) is 5.92 Å². The topological polar surface area (TPSA) is 38.8 Å². The number of likely N-dealkylation sites (tertiary alicyclic amines) is 1. The summed E-state index contributed by atoms with van der Waals surface area (Å²) >= 11 is 0. The van der Waals surface area contributed by atoms with Crippen molar-refractivity contribution < 1.29 is 14.3 Å². The largest absolute Gasteiger partial charge is 0.486 e. The van der Waals surface area contributed by atoms with Gasteiger partial charge in [-0.3, -0.25) is 4.79 Å². The minimum atomic E-state index is 0.0460. The predicted molar refractivity (Wildman–Crippen MR) is 69.8 cm³/mol. The number of terminal acetylenes is 1. The van der Waals surface area contributed by atoms with E-state index in [1.807, 2.05) is 18.2 Å². The first-order chi connectivity index (χ1) is 9.26. The van der Waals surface area contributed by atoms with Gasteiger partial charge in [0.1, 0.15) is 13.2 Å². The maximum absolute atomic E-state index is 11.8. The lowest BCUT2D eigenvalue weighted by atomic mass is 10.1. The summed E-state index contributed by atoms with van der Waals surface area (Å²) in [7, 11) is 0. The highest BCUT2D eigenvalue weighted by atomic mass is 16.6. The predicted octanol–water partition coefficient (Wildman–Crippen LogP) is 1.44. The molecule has 1 atom stereocenters. The van der Waals surface area contributed by atoms with Crippen molar-refractivity contribution in [3.63, 3.8) is 0 Å². The molecule has 4 nitrogen and oxygen atoms in total. The van der Waals surface area contributed by atoms with Crippen molar-refractivity contribution in [3.05, 3.63) is 23.8 Å². The van der Waals surface area contributed by atoms with Crippen LogP contribution >= 0.6 is 0 Å². The zero-order valence-corrected chi connectivity index (χ0v) is 10.6. The number of hydrogen-bond donors (Lipinski definition) is 0. The number of ether oxygens (including phenoxy) is 2. The molecular weight excluding hydrogens is 242 g/mol. The molecule has 1 unspecified atom stereocenters. The van der Waals surface area contributed by atoms with Crippen molar-refractivity contribution in [3.8, 4) is 23.8 Å². The zero-order chi connectivity index (χ0) is 13.2. The molecule has 19 heavy (non-hydrogen) atoms. The third kappa shape index (κ3) is 2.37. The van der Waals surface area contributed by atoms with Gasteiger partial charge in [-0.15, -0.1) is 12.3 Å². The van der Waals surface area contributed by atoms with Crippen LogP contribution in [0.5, 0.6) is 11.5 Å². The third-order valence-corrected chi connectivity index (χ3v) is 3.43. The molecule has 2 aliphatic heterocycles. The number of carbonyl (C=O) groups excluding carboxylic acids is 1. The van der Waals surface area contributed by atoms with E-state index in [1.54, 1.807) is 4.90 Å². The van der Waals surface area contributed by atoms with Crippen LogP contribution < -0.4 is 9.47 Å². The summed E-state index contributed by atoms with van der Waals surface area (Å²) in [4.78, 5) is 13.6. The molecule has 1 aromatic rings. The number of hydrogen-bond acceptors (Lipinski definition) is 3. The van der Waals surface area contributed by atoms with E-state index >= 15 is 0 Å². The highest BCUT2D eigenvalue weighted by Gasteiger charge is 2.28. The molecule has 1 fully saturated rings. The molecule has 0 N–H and O–H groups in total. The van der Waals surface area contributed by atoms with Gasteiger partial charge in [0.25, 0.3) is 0 Å². The van der Waals surface area contributed by atoms with Gasteiger partial charge in [0.2, 0.25) is 5.91 Å². The van der Waals surface area contributed by atoms with Crippen molar-refractivity contribution in [2.75, 3.05) is 19.8 Å². The summed E-state index contributed by atoms with van der Waals surface area (Å²) in [6.07, 6.45) is 5.84. The van der Waals surface area contributed by atoms with E-state index in [9.17, 15) is 4.79 Å². The smallest absolute Gasteiger partial charge is 0.224 e. The molecule has 1 aromatic carbocycles. The first-order valence-corrected chi connectivity index (χ1v) is 6.38. The molecule has 0 bridgehead atoms. The Labute approximate surface area is 112 Å². The highest BCUT2D eigenvalue weighted by molar-refractivity contribution is 5.79. The van der Waals surface area contributed by atoms with Crippen molar-refractivity contribution >= 4 is 5.91 Å². The summed E-state index contributed by atoms with van der Waals surface area (Å²) < 4.78 is 11.0. The fourth-order valence-corrected chi connectivity index (χ4v) is 2.44. The number of rotatable bonds is 2. The normalized spacial score (nSPS) is 21.3. The average molecular weight is 257 g/mol. The van der Waals surface area contributed by atoms with Crippen LogP contribution in [0.1, 0.15) is 12.0 Å². The van der Waals surface area contributed by atoms with Crippen molar-refractivity contribution in [1.29, 1.82) is 0 Å². The lowest BCUT2D eigenvalue weighted by Gasteiger charge is -2.21. The highest BCUT2D eigenvalue weighted by Crippen LogP contribution is 2.31. The van der Waals surface area contributed by atoms with E-state index in [0.29, 0.717) is 32.7 Å². The standard InChI is InChI=1S/C15H15NO3/c1-2-11-8-15(17)16(9-11)10-12-3-4-13-14(7-12)19-6-5-18-13/h1,3-4,7,11H,5-6,8-10H2. The van der Waals surface area contributed by atoms with Crippen LogP contribution in [0, 0.1) is 18.3 Å². The quantitative estimate of drug-likeness (QED) is 0.753. The van der Waals surface area contributed by atoms with Gasteiger partial charge >= 0.3 is 0 Å². The van der Waals surface area contributed by atoms with Crippen LogP contribution in [0.15, 0.2) is 18.2 Å². The second kappa shape index (κ2) is 4.85. The molecule has 1 amide bonds. The van der Waals surface area contributed by atoms with Gasteiger partial charge in [0.05, 0.1) is 0 Å². The Morgan fingerprint density at radius 1 is 1.32 bits per heavy atom. The number of carbonyl (C=O) groups is 1. The Bertz CT molecular complexity index is 547. The summed E-state index contributed by atoms with van der Waals surface area (Å²) in [5.74, 6) is 4.34. The Balaban J connectivity index is 1.74. The SMILES string of the molecule is C#CC1CC(=O)N(Cc2ccc3c(c2)OCCO3)C1. The number of fused-ring (bicyclic) bond motifs is 1. The van der Waals surface area contributed by atoms with E-state index in [4.69, 9.17) is 15.9 Å². The van der Waals surface area contributed by atoms with Crippen LogP contribution in [-0.2, 0) is 11.3 Å². The van der Waals surface area contributed by atoms with Crippen molar-refractivity contribution in [2.24, 2.45) is 5.92 Å². The maximum atomic E-state index is 11.8. The molecule has 0 aromatic heterocycles. The number of nitrogens with zero attached hydrogens (tertiary/aromatic N) is 1. The lowest BCUT2D eigenvalue weighted by Crippen LogP contribution is -2.24. The maximum Gasteiger partial charge on any atom is 0.224 e. The van der Waals surface area contributed by atoms with Gasteiger partial charge in [0, 0.05) is 25.4 Å². The second-order valence-corrected chi connectivity index (χ2v) is 4.82. The lowest BCUT2D eigenvalue weighted by molar-refractivity contribution is -0.128. The molecular formula is C15H15NO3. The van der Waals surface area contributed by atoms with Crippen LogP contribution in [0.25, 0.3) is 0 Å². The Morgan fingerprint density at radius 2 is 2.11 bits per heavy atom. The minimum Gasteiger partial charge on any atom is -0.486 e. The fourth-order valence-electron chi connectivity index (χ4n) is 2.44. The van der Waals surface area contributed by atoms with E-state index in [0.717, 1.165) is 17.1 Å². The van der Waals surface area contributed by atoms with Crippen molar-refractivity contribution in [1.82, 2.24) is 4.90 Å². The van der Waals surface area contributed by atoms with Gasteiger partial charge in [-0.2, -0.15) is 0 Å². The molecule has 3 rings (SSSR count). The third-order valence-electron chi connectivity index (χ3n) is 3.43. The van der Waals surface area contributed by atoms with Gasteiger partial charge < -0.3 is 14.4 Å². The van der Waals surface area contributed by atoms with Crippen LogP contribution in [0.3, 0.4) is 0 Å². The molecule has 0 spiro atoms. The van der Waals surface area contributed by atoms with Gasteiger partial charge in [-0.25, -0.2) is 0 Å². The minimum absolute atomic E-state index is 0.0460. The molecule has 2 aliphatic rings.